The van der Waals surface area contributed by atoms with Crippen molar-refractivity contribution in [3.8, 4) is 5.88 Å². The van der Waals surface area contributed by atoms with Gasteiger partial charge in [0, 0.05) is 5.56 Å². The maximum Gasteiger partial charge on any atom is 0.388 e. The number of aromatic nitrogens is 2. The molecule has 0 atom stereocenters. The van der Waals surface area contributed by atoms with Crippen LogP contribution in [0.3, 0.4) is 0 Å². The van der Waals surface area contributed by atoms with Crippen LogP contribution in [0, 0.1) is 6.20 Å². The molecule has 1 aromatic rings. The van der Waals surface area contributed by atoms with Crippen molar-refractivity contribution >= 4 is 0 Å². The Bertz CT molecular complexity index is 224. The average Bonchev–Trinajstić information content (AvgIpc) is 2.34. The molecule has 0 aromatic carbocycles. The third-order valence-electron chi connectivity index (χ3n) is 1.18. The van der Waals surface area contributed by atoms with E-state index in [4.69, 9.17) is 0 Å². The first-order chi connectivity index (χ1) is 5.24. The highest BCUT2D eigenvalue weighted by molar-refractivity contribution is 5.20. The summed E-state index contributed by atoms with van der Waals surface area (Å²) in [6.07, 6.45) is 3.06. The van der Waals surface area contributed by atoms with Crippen LogP contribution in [-0.2, 0) is 6.42 Å². The Morgan fingerprint density at radius 3 is 3.00 bits per heavy atom. The fourth-order valence-corrected chi connectivity index (χ4v) is 0.691. The molecule has 0 aliphatic heterocycles. The van der Waals surface area contributed by atoms with Crippen molar-refractivity contribution in [2.45, 2.75) is 20.0 Å². The van der Waals surface area contributed by atoms with Gasteiger partial charge in [0.15, 0.2) is 0 Å². The predicted molar refractivity (Wildman–Crippen MR) is 33.4 cm³/mol. The molecule has 1 heterocycles. The summed E-state index contributed by atoms with van der Waals surface area (Å²) in [4.78, 5) is 0. The lowest BCUT2D eigenvalue weighted by molar-refractivity contribution is -0.0534. The monoisotopic (exact) mass is 161 g/mol. The molecule has 11 heavy (non-hydrogen) atoms. The van der Waals surface area contributed by atoms with E-state index in [0.717, 1.165) is 0 Å². The van der Waals surface area contributed by atoms with E-state index in [-0.39, 0.29) is 5.88 Å². The van der Waals surface area contributed by atoms with Crippen molar-refractivity contribution in [2.75, 3.05) is 0 Å². The van der Waals surface area contributed by atoms with Crippen LogP contribution in [0.15, 0.2) is 0 Å². The highest BCUT2D eigenvalue weighted by Crippen LogP contribution is 2.15. The Hall–Kier alpha value is -1.13. The zero-order valence-corrected chi connectivity index (χ0v) is 5.90. The molecule has 5 heteroatoms. The summed E-state index contributed by atoms with van der Waals surface area (Å²) in [5.74, 6) is 0.00231. The van der Waals surface area contributed by atoms with Gasteiger partial charge >= 0.3 is 6.61 Å². The molecule has 1 aromatic heterocycles. The van der Waals surface area contributed by atoms with Crippen LogP contribution in [0.25, 0.3) is 0 Å². The van der Waals surface area contributed by atoms with Crippen LogP contribution in [0.1, 0.15) is 12.5 Å². The first-order valence-electron chi connectivity index (χ1n) is 3.13. The topological polar surface area (TPSA) is 37.9 Å². The molecule has 0 aliphatic carbocycles. The molecule has 0 aliphatic rings. The molecule has 0 unspecified atom stereocenters. The number of aromatic amines is 1. The van der Waals surface area contributed by atoms with Gasteiger partial charge in [-0.05, 0) is 6.42 Å². The van der Waals surface area contributed by atoms with Crippen LogP contribution in [-0.4, -0.2) is 16.8 Å². The maximum atomic E-state index is 11.6. The first-order valence-corrected chi connectivity index (χ1v) is 3.13. The number of nitrogens with zero attached hydrogens (tertiary/aromatic N) is 1. The summed E-state index contributed by atoms with van der Waals surface area (Å²) in [7, 11) is 0. The fourth-order valence-electron chi connectivity index (χ4n) is 0.691. The van der Waals surface area contributed by atoms with Gasteiger partial charge in [-0.1, -0.05) is 6.92 Å². The number of H-pyrrole nitrogens is 1. The summed E-state index contributed by atoms with van der Waals surface area (Å²) in [6, 6.07) is 0. The van der Waals surface area contributed by atoms with E-state index in [2.05, 4.69) is 21.1 Å². The van der Waals surface area contributed by atoms with Gasteiger partial charge in [-0.25, -0.2) is 5.10 Å². The second kappa shape index (κ2) is 3.32. The van der Waals surface area contributed by atoms with Gasteiger partial charge in [-0.15, -0.1) is 0 Å². The minimum Gasteiger partial charge on any atom is -0.417 e. The van der Waals surface area contributed by atoms with Crippen molar-refractivity contribution in [3.05, 3.63) is 11.8 Å². The molecule has 0 amide bonds. The molecular weight excluding hydrogens is 154 g/mol. The van der Waals surface area contributed by atoms with Crippen LogP contribution in [0.4, 0.5) is 8.78 Å². The molecule has 0 spiro atoms. The van der Waals surface area contributed by atoms with Gasteiger partial charge in [0.05, 0.1) is 0 Å². The van der Waals surface area contributed by atoms with Crippen molar-refractivity contribution in [3.63, 3.8) is 0 Å². The van der Waals surface area contributed by atoms with Gasteiger partial charge in [0.2, 0.25) is 5.88 Å². The standard InChI is InChI=1S/C6H7F2N2O/c1-2-4-3-9-10-5(4)11-6(7)8/h6H,2H2,1H3,(H,9,10). The van der Waals surface area contributed by atoms with E-state index in [1.54, 1.807) is 6.92 Å². The Balaban J connectivity index is 2.68. The lowest BCUT2D eigenvalue weighted by atomic mass is 10.3. The number of halogens is 2. The molecule has 0 bridgehead atoms. The fraction of sp³-hybridized carbons (Fsp3) is 0.500. The maximum absolute atomic E-state index is 11.6. The van der Waals surface area contributed by atoms with Gasteiger partial charge in [-0.3, -0.25) is 0 Å². The lowest BCUT2D eigenvalue weighted by Crippen LogP contribution is -2.03. The zero-order valence-electron chi connectivity index (χ0n) is 5.90. The van der Waals surface area contributed by atoms with E-state index in [1.165, 1.54) is 0 Å². The largest absolute Gasteiger partial charge is 0.417 e. The van der Waals surface area contributed by atoms with Gasteiger partial charge in [-0.2, -0.15) is 13.9 Å². The Morgan fingerprint density at radius 2 is 2.45 bits per heavy atom. The van der Waals surface area contributed by atoms with Gasteiger partial charge in [0.1, 0.15) is 6.20 Å². The quantitative estimate of drug-likeness (QED) is 0.727. The Morgan fingerprint density at radius 1 is 1.73 bits per heavy atom. The lowest BCUT2D eigenvalue weighted by Gasteiger charge is -2.01. The summed E-state index contributed by atoms with van der Waals surface area (Å²) in [5.41, 5.74) is 0.533. The highest BCUT2D eigenvalue weighted by atomic mass is 19.3. The van der Waals surface area contributed by atoms with Crippen molar-refractivity contribution in [2.24, 2.45) is 0 Å². The Kier molecular flexibility index (Phi) is 2.40. The number of hydrogen-bond acceptors (Lipinski definition) is 2. The second-order valence-corrected chi connectivity index (χ2v) is 1.88. The molecule has 3 nitrogen and oxygen atoms in total. The summed E-state index contributed by atoms with van der Waals surface area (Å²) in [6.45, 7) is -1.01. The van der Waals surface area contributed by atoms with Gasteiger partial charge in [0.25, 0.3) is 0 Å². The van der Waals surface area contributed by atoms with E-state index in [9.17, 15) is 8.78 Å². The predicted octanol–water partition coefficient (Wildman–Crippen LogP) is 1.37. The summed E-state index contributed by atoms with van der Waals surface area (Å²) < 4.78 is 27.4. The minimum absolute atomic E-state index is 0.00231. The summed E-state index contributed by atoms with van der Waals surface area (Å²) in [5, 5.41) is 5.72. The second-order valence-electron chi connectivity index (χ2n) is 1.88. The van der Waals surface area contributed by atoms with E-state index in [1.807, 2.05) is 0 Å². The number of hydrogen-bond donors (Lipinski definition) is 1. The van der Waals surface area contributed by atoms with Crippen molar-refractivity contribution < 1.29 is 13.5 Å². The third-order valence-corrected chi connectivity index (χ3v) is 1.18. The SMILES string of the molecule is CCc1[c]n[nH]c1OC(F)F. The molecular formula is C6H7F2N2O. The molecule has 61 valence electrons. The number of ether oxygens (including phenoxy) is 1. The van der Waals surface area contributed by atoms with E-state index >= 15 is 0 Å². The third kappa shape index (κ3) is 1.89. The van der Waals surface area contributed by atoms with Crippen LogP contribution < -0.4 is 4.74 Å². The molecule has 1 radical (unpaired) electrons. The van der Waals surface area contributed by atoms with Crippen LogP contribution >= 0.6 is 0 Å². The molecule has 1 N–H and O–H groups in total. The summed E-state index contributed by atoms with van der Waals surface area (Å²) >= 11 is 0. The smallest absolute Gasteiger partial charge is 0.388 e. The number of nitrogens with one attached hydrogen (secondary N) is 1. The molecule has 0 saturated carbocycles. The molecule has 0 saturated heterocycles. The molecule has 0 fully saturated rings. The molecule has 1 rings (SSSR count). The normalized spacial score (nSPS) is 10.5. The van der Waals surface area contributed by atoms with E-state index in [0.29, 0.717) is 12.0 Å². The van der Waals surface area contributed by atoms with Crippen molar-refractivity contribution in [1.29, 1.82) is 0 Å². The van der Waals surface area contributed by atoms with Crippen molar-refractivity contribution in [1.82, 2.24) is 10.2 Å². The highest BCUT2D eigenvalue weighted by Gasteiger charge is 2.09. The van der Waals surface area contributed by atoms with Crippen LogP contribution in [0.2, 0.25) is 0 Å². The average molecular weight is 161 g/mol. The number of aryl methyl sites for hydroxylation is 1. The van der Waals surface area contributed by atoms with E-state index < -0.39 is 6.61 Å². The number of alkyl halides is 2. The van der Waals surface area contributed by atoms with Gasteiger partial charge < -0.3 is 4.74 Å². The zero-order chi connectivity index (χ0) is 8.27. The number of rotatable bonds is 3. The minimum atomic E-state index is -2.81. The first kappa shape index (κ1) is 7.97. The van der Waals surface area contributed by atoms with Crippen LogP contribution in [0.5, 0.6) is 5.88 Å². The Labute approximate surface area is 62.4 Å².